The van der Waals surface area contributed by atoms with E-state index < -0.39 is 0 Å². The second-order valence-electron chi connectivity index (χ2n) is 5.61. The van der Waals surface area contributed by atoms with Gasteiger partial charge in [0.15, 0.2) is 0 Å². The Morgan fingerprint density at radius 1 is 0.810 bits per heavy atom. The molecular formula is C17H33NO3. The molecule has 0 radical (unpaired) electrons. The van der Waals surface area contributed by atoms with Crippen LogP contribution in [0.5, 0.6) is 0 Å². The van der Waals surface area contributed by atoms with Gasteiger partial charge >= 0.3 is 5.97 Å². The molecular weight excluding hydrogens is 266 g/mol. The molecule has 0 fully saturated rings. The van der Waals surface area contributed by atoms with Crippen molar-refractivity contribution in [1.82, 2.24) is 5.32 Å². The van der Waals surface area contributed by atoms with Crippen LogP contribution in [0.3, 0.4) is 0 Å². The first-order chi connectivity index (χ1) is 10.2. The van der Waals surface area contributed by atoms with Crippen molar-refractivity contribution < 1.29 is 14.3 Å². The van der Waals surface area contributed by atoms with Crippen molar-refractivity contribution in [3.8, 4) is 0 Å². The topological polar surface area (TPSA) is 55.4 Å². The number of amides is 1. The Morgan fingerprint density at radius 3 is 2.00 bits per heavy atom. The third-order valence-electron chi connectivity index (χ3n) is 3.61. The molecule has 1 N–H and O–H groups in total. The normalized spacial score (nSPS) is 10.4. The maximum absolute atomic E-state index is 11.5. The number of hydrogen-bond donors (Lipinski definition) is 1. The van der Waals surface area contributed by atoms with E-state index in [1.165, 1.54) is 52.1 Å². The van der Waals surface area contributed by atoms with Gasteiger partial charge in [0.2, 0.25) is 5.91 Å². The number of ether oxygens (including phenoxy) is 1. The van der Waals surface area contributed by atoms with Crippen LogP contribution in [0.1, 0.15) is 84.0 Å². The Bertz CT molecular complexity index is 267. The van der Waals surface area contributed by atoms with E-state index in [9.17, 15) is 9.59 Å². The van der Waals surface area contributed by atoms with Gasteiger partial charge in [0.1, 0.15) is 0 Å². The molecule has 4 nitrogen and oxygen atoms in total. The number of rotatable bonds is 14. The molecule has 124 valence electrons. The summed E-state index contributed by atoms with van der Waals surface area (Å²) in [4.78, 5) is 22.4. The van der Waals surface area contributed by atoms with Crippen molar-refractivity contribution in [2.45, 2.75) is 84.0 Å². The molecule has 0 heterocycles. The first-order valence-electron chi connectivity index (χ1n) is 8.54. The SMILES string of the molecule is CCCCCCCCCCNC(=O)CCCCC(=O)OC. The first kappa shape index (κ1) is 19.9. The molecule has 4 heteroatoms. The summed E-state index contributed by atoms with van der Waals surface area (Å²) >= 11 is 0. The van der Waals surface area contributed by atoms with E-state index in [1.807, 2.05) is 0 Å². The van der Waals surface area contributed by atoms with Crippen LogP contribution in [0.4, 0.5) is 0 Å². The molecule has 0 aliphatic carbocycles. The third kappa shape index (κ3) is 15.2. The van der Waals surface area contributed by atoms with Gasteiger partial charge in [-0.25, -0.2) is 0 Å². The van der Waals surface area contributed by atoms with Gasteiger partial charge < -0.3 is 10.1 Å². The summed E-state index contributed by atoms with van der Waals surface area (Å²) < 4.78 is 4.55. The van der Waals surface area contributed by atoms with Gasteiger partial charge in [-0.1, -0.05) is 51.9 Å². The summed E-state index contributed by atoms with van der Waals surface area (Å²) in [6, 6.07) is 0. The molecule has 0 saturated heterocycles. The number of methoxy groups -OCH3 is 1. The highest BCUT2D eigenvalue weighted by molar-refractivity contribution is 5.75. The smallest absolute Gasteiger partial charge is 0.305 e. The first-order valence-corrected chi connectivity index (χ1v) is 8.54. The third-order valence-corrected chi connectivity index (χ3v) is 3.61. The lowest BCUT2D eigenvalue weighted by Crippen LogP contribution is -2.24. The summed E-state index contributed by atoms with van der Waals surface area (Å²) in [5.41, 5.74) is 0. The fourth-order valence-corrected chi connectivity index (χ4v) is 2.23. The summed E-state index contributed by atoms with van der Waals surface area (Å²) in [5.74, 6) is -0.0999. The lowest BCUT2D eigenvalue weighted by molar-refractivity contribution is -0.140. The second-order valence-corrected chi connectivity index (χ2v) is 5.61. The van der Waals surface area contributed by atoms with Crippen molar-refractivity contribution in [3.05, 3.63) is 0 Å². The van der Waals surface area contributed by atoms with E-state index in [0.29, 0.717) is 12.8 Å². The van der Waals surface area contributed by atoms with Crippen molar-refractivity contribution in [1.29, 1.82) is 0 Å². The Hall–Kier alpha value is -1.06. The number of hydrogen-bond acceptors (Lipinski definition) is 3. The van der Waals surface area contributed by atoms with E-state index in [2.05, 4.69) is 17.0 Å². The molecule has 0 aliphatic rings. The Labute approximate surface area is 130 Å². The summed E-state index contributed by atoms with van der Waals surface area (Å²) in [5, 5.41) is 2.94. The molecule has 0 aromatic rings. The highest BCUT2D eigenvalue weighted by atomic mass is 16.5. The molecule has 21 heavy (non-hydrogen) atoms. The van der Waals surface area contributed by atoms with Gasteiger partial charge in [0, 0.05) is 19.4 Å². The van der Waals surface area contributed by atoms with Gasteiger partial charge in [0.05, 0.1) is 7.11 Å². The summed E-state index contributed by atoms with van der Waals surface area (Å²) in [6.45, 7) is 3.02. The highest BCUT2D eigenvalue weighted by Crippen LogP contribution is 2.08. The predicted molar refractivity (Wildman–Crippen MR) is 86.1 cm³/mol. The molecule has 0 bridgehead atoms. The number of carbonyl (C=O) groups is 2. The van der Waals surface area contributed by atoms with E-state index in [1.54, 1.807) is 0 Å². The van der Waals surface area contributed by atoms with Crippen molar-refractivity contribution >= 4 is 11.9 Å². The monoisotopic (exact) mass is 299 g/mol. The van der Waals surface area contributed by atoms with Crippen molar-refractivity contribution in [3.63, 3.8) is 0 Å². The van der Waals surface area contributed by atoms with Gasteiger partial charge in [-0.2, -0.15) is 0 Å². The minimum atomic E-state index is -0.200. The lowest BCUT2D eigenvalue weighted by Gasteiger charge is -2.05. The van der Waals surface area contributed by atoms with Crippen LogP contribution in [0.2, 0.25) is 0 Å². The average Bonchev–Trinajstić information content (AvgIpc) is 2.49. The zero-order chi connectivity index (χ0) is 15.8. The fourth-order valence-electron chi connectivity index (χ4n) is 2.23. The Kier molecular flexibility index (Phi) is 14.6. The van der Waals surface area contributed by atoms with Crippen LogP contribution >= 0.6 is 0 Å². The largest absolute Gasteiger partial charge is 0.469 e. The number of unbranched alkanes of at least 4 members (excludes halogenated alkanes) is 8. The maximum atomic E-state index is 11.5. The second kappa shape index (κ2) is 15.3. The number of esters is 1. The molecule has 0 saturated carbocycles. The molecule has 0 aromatic heterocycles. The van der Waals surface area contributed by atoms with E-state index in [0.717, 1.165) is 25.8 Å². The number of carbonyl (C=O) groups excluding carboxylic acids is 2. The van der Waals surface area contributed by atoms with Crippen LogP contribution in [0.15, 0.2) is 0 Å². The Morgan fingerprint density at radius 2 is 1.38 bits per heavy atom. The van der Waals surface area contributed by atoms with Gasteiger partial charge in [-0.05, 0) is 19.3 Å². The van der Waals surface area contributed by atoms with E-state index in [-0.39, 0.29) is 11.9 Å². The summed E-state index contributed by atoms with van der Waals surface area (Å²) in [7, 11) is 1.39. The highest BCUT2D eigenvalue weighted by Gasteiger charge is 2.03. The average molecular weight is 299 g/mol. The van der Waals surface area contributed by atoms with Gasteiger partial charge in [0.25, 0.3) is 0 Å². The van der Waals surface area contributed by atoms with Crippen LogP contribution in [0, 0.1) is 0 Å². The molecule has 0 spiro atoms. The minimum absolute atomic E-state index is 0.0998. The quantitative estimate of drug-likeness (QED) is 0.390. The molecule has 0 unspecified atom stereocenters. The lowest BCUT2D eigenvalue weighted by atomic mass is 10.1. The van der Waals surface area contributed by atoms with Crippen LogP contribution < -0.4 is 5.32 Å². The van der Waals surface area contributed by atoms with Crippen LogP contribution in [-0.4, -0.2) is 25.5 Å². The van der Waals surface area contributed by atoms with Gasteiger partial charge in [-0.15, -0.1) is 0 Å². The predicted octanol–water partition coefficient (Wildman–Crippen LogP) is 3.98. The molecule has 0 rings (SSSR count). The summed E-state index contributed by atoms with van der Waals surface area (Å²) in [6.07, 6.45) is 12.6. The van der Waals surface area contributed by atoms with E-state index in [4.69, 9.17) is 0 Å². The minimum Gasteiger partial charge on any atom is -0.469 e. The Balaban J connectivity index is 3.21. The standard InChI is InChI=1S/C17H33NO3/c1-3-4-5-6-7-8-9-12-15-18-16(19)13-10-11-14-17(20)21-2/h3-15H2,1-2H3,(H,18,19). The van der Waals surface area contributed by atoms with Crippen molar-refractivity contribution in [2.24, 2.45) is 0 Å². The molecule has 0 aromatic carbocycles. The van der Waals surface area contributed by atoms with Crippen LogP contribution in [0.25, 0.3) is 0 Å². The maximum Gasteiger partial charge on any atom is 0.305 e. The fraction of sp³-hybridized carbons (Fsp3) is 0.882. The zero-order valence-corrected chi connectivity index (χ0v) is 13.9. The number of nitrogens with one attached hydrogen (secondary N) is 1. The zero-order valence-electron chi connectivity index (χ0n) is 13.9. The molecule has 0 atom stereocenters. The van der Waals surface area contributed by atoms with E-state index >= 15 is 0 Å². The van der Waals surface area contributed by atoms with Crippen LogP contribution in [-0.2, 0) is 14.3 Å². The van der Waals surface area contributed by atoms with Gasteiger partial charge in [-0.3, -0.25) is 9.59 Å². The molecule has 1 amide bonds. The van der Waals surface area contributed by atoms with Crippen molar-refractivity contribution in [2.75, 3.05) is 13.7 Å². The molecule has 0 aliphatic heterocycles.